The fraction of sp³-hybridized carbons (Fsp3) is 0.182. The van der Waals surface area contributed by atoms with Gasteiger partial charge in [-0.3, -0.25) is 0 Å². The van der Waals surface area contributed by atoms with Gasteiger partial charge in [0.05, 0.1) is 25.5 Å². The normalized spacial score (nSPS) is 10.7. The van der Waals surface area contributed by atoms with Crippen LogP contribution in [0, 0.1) is 0 Å². The maximum atomic E-state index is 11.6. The van der Waals surface area contributed by atoms with Crippen LogP contribution in [0.1, 0.15) is 21.9 Å². The van der Waals surface area contributed by atoms with Crippen molar-refractivity contribution in [3.63, 3.8) is 0 Å². The highest BCUT2D eigenvalue weighted by Gasteiger charge is 2.13. The Morgan fingerprint density at radius 1 is 1.12 bits per heavy atom. The third-order valence-corrected chi connectivity index (χ3v) is 6.51. The van der Waals surface area contributed by atoms with E-state index in [1.807, 2.05) is 35.7 Å². The molecule has 2 aromatic carbocycles. The van der Waals surface area contributed by atoms with Gasteiger partial charge in [-0.25, -0.2) is 14.5 Å². The van der Waals surface area contributed by atoms with Crippen molar-refractivity contribution in [2.24, 2.45) is 0 Å². The van der Waals surface area contributed by atoms with Gasteiger partial charge in [0.2, 0.25) is 5.16 Å². The number of nitrogens with zero attached hydrogens (tertiary/aromatic N) is 4. The minimum Gasteiger partial charge on any atom is -0.497 e. The number of nitrogen functional groups attached to an aromatic ring is 1. The Hall–Kier alpha value is -3.57. The zero-order valence-electron chi connectivity index (χ0n) is 17.9. The minimum absolute atomic E-state index is 0.180. The second-order valence-corrected chi connectivity index (χ2v) is 8.54. The lowest BCUT2D eigenvalue weighted by Gasteiger charge is -2.07. The molecule has 0 radical (unpaired) electrons. The Bertz CT molecular complexity index is 1240. The summed E-state index contributed by atoms with van der Waals surface area (Å²) in [5.41, 5.74) is 2.33. The molecule has 2 aromatic heterocycles. The number of methoxy groups -OCH3 is 2. The van der Waals surface area contributed by atoms with Crippen LogP contribution < -0.4 is 15.3 Å². The first-order valence-electron chi connectivity index (χ1n) is 9.79. The lowest BCUT2D eigenvalue weighted by Crippen LogP contribution is -2.15. The average Bonchev–Trinajstić information content (AvgIpc) is 3.47. The number of thiazole rings is 1. The monoisotopic (exact) mass is 483 g/mol. The number of hydrogen-bond donors (Lipinski definition) is 1. The summed E-state index contributed by atoms with van der Waals surface area (Å²) in [5.74, 6) is 8.23. The van der Waals surface area contributed by atoms with Gasteiger partial charge in [0.1, 0.15) is 23.1 Å². The topological polar surface area (TPSA) is 114 Å². The summed E-state index contributed by atoms with van der Waals surface area (Å²) >= 11 is 2.97. The van der Waals surface area contributed by atoms with E-state index in [4.69, 9.17) is 20.1 Å². The molecule has 0 unspecified atom stereocenters. The second-order valence-electron chi connectivity index (χ2n) is 6.74. The lowest BCUT2D eigenvalue weighted by molar-refractivity contribution is 0.0600. The van der Waals surface area contributed by atoms with Crippen molar-refractivity contribution < 1.29 is 19.0 Å². The number of esters is 1. The lowest BCUT2D eigenvalue weighted by atomic mass is 10.1. The van der Waals surface area contributed by atoms with E-state index in [1.165, 1.54) is 34.9 Å². The van der Waals surface area contributed by atoms with Crippen molar-refractivity contribution in [2.45, 2.75) is 17.5 Å². The molecular weight excluding hydrogens is 462 g/mol. The van der Waals surface area contributed by atoms with Gasteiger partial charge < -0.3 is 20.1 Å². The molecule has 4 aromatic rings. The van der Waals surface area contributed by atoms with Gasteiger partial charge in [-0.2, -0.15) is 0 Å². The van der Waals surface area contributed by atoms with Crippen LogP contribution in [-0.2, 0) is 17.1 Å². The summed E-state index contributed by atoms with van der Waals surface area (Å²) in [5, 5.41) is 11.7. The number of carbonyl (C=O) groups excluding carboxylic acids is 1. The third-order valence-electron chi connectivity index (χ3n) is 4.60. The molecule has 0 spiro atoms. The molecule has 0 aliphatic heterocycles. The molecule has 0 saturated heterocycles. The largest absolute Gasteiger partial charge is 0.497 e. The van der Waals surface area contributed by atoms with E-state index < -0.39 is 0 Å². The smallest absolute Gasteiger partial charge is 0.337 e. The molecule has 170 valence electrons. The van der Waals surface area contributed by atoms with Crippen LogP contribution in [0.3, 0.4) is 0 Å². The SMILES string of the molecule is COC(=O)c1ccc(-c2nc(CSc3nnc(COc4cccc(OC)c4)n3N)cs2)cc1. The molecule has 0 aliphatic carbocycles. The molecule has 0 amide bonds. The van der Waals surface area contributed by atoms with E-state index in [9.17, 15) is 4.79 Å². The van der Waals surface area contributed by atoms with E-state index in [-0.39, 0.29) is 12.6 Å². The first-order chi connectivity index (χ1) is 16.1. The standard InChI is InChI=1S/C22H21N5O4S2/c1-29-17-4-3-5-18(10-17)31-11-19-25-26-22(27(19)23)33-13-16-12-32-20(24-16)14-6-8-15(9-7-14)21(28)30-2/h3-10,12H,11,13,23H2,1-2H3. The van der Waals surface area contributed by atoms with Gasteiger partial charge in [-0.15, -0.1) is 21.5 Å². The van der Waals surface area contributed by atoms with E-state index in [0.717, 1.165) is 16.3 Å². The van der Waals surface area contributed by atoms with Crippen LogP contribution in [0.2, 0.25) is 0 Å². The van der Waals surface area contributed by atoms with Gasteiger partial charge in [-0.1, -0.05) is 30.0 Å². The Balaban J connectivity index is 1.35. The molecule has 0 fully saturated rings. The zero-order valence-corrected chi connectivity index (χ0v) is 19.6. The Morgan fingerprint density at radius 3 is 2.67 bits per heavy atom. The highest BCUT2D eigenvalue weighted by molar-refractivity contribution is 7.98. The first-order valence-corrected chi connectivity index (χ1v) is 11.7. The molecular formula is C22H21N5O4S2. The molecule has 4 rings (SSSR count). The quantitative estimate of drug-likeness (QED) is 0.216. The van der Waals surface area contributed by atoms with Gasteiger partial charge in [0.25, 0.3) is 0 Å². The number of aromatic nitrogens is 4. The van der Waals surface area contributed by atoms with Crippen molar-refractivity contribution >= 4 is 29.1 Å². The summed E-state index contributed by atoms with van der Waals surface area (Å²) < 4.78 is 17.1. The average molecular weight is 484 g/mol. The summed E-state index contributed by atoms with van der Waals surface area (Å²) in [4.78, 5) is 16.2. The molecule has 0 atom stereocenters. The predicted molar refractivity (Wildman–Crippen MR) is 126 cm³/mol. The Kier molecular flexibility index (Phi) is 7.10. The Morgan fingerprint density at radius 2 is 1.91 bits per heavy atom. The number of rotatable bonds is 9. The number of thioether (sulfide) groups is 1. The van der Waals surface area contributed by atoms with Gasteiger partial charge in [0.15, 0.2) is 5.82 Å². The molecule has 2 N–H and O–H groups in total. The van der Waals surface area contributed by atoms with Crippen LogP contribution in [0.25, 0.3) is 10.6 Å². The molecule has 0 saturated carbocycles. The zero-order chi connectivity index (χ0) is 23.2. The van der Waals surface area contributed by atoms with Crippen molar-refractivity contribution in [3.05, 3.63) is 71.0 Å². The maximum absolute atomic E-state index is 11.6. The van der Waals surface area contributed by atoms with E-state index in [0.29, 0.717) is 33.8 Å². The molecule has 11 heteroatoms. The fourth-order valence-corrected chi connectivity index (χ4v) is 4.55. The number of hydrogen-bond acceptors (Lipinski definition) is 10. The van der Waals surface area contributed by atoms with Crippen LogP contribution >= 0.6 is 23.1 Å². The number of nitrogens with two attached hydrogens (primary N) is 1. The fourth-order valence-electron chi connectivity index (χ4n) is 2.85. The summed E-state index contributed by atoms with van der Waals surface area (Å²) in [6.45, 7) is 0.180. The van der Waals surface area contributed by atoms with Crippen molar-refractivity contribution in [1.29, 1.82) is 0 Å². The summed E-state index contributed by atoms with van der Waals surface area (Å²) in [6, 6.07) is 14.5. The van der Waals surface area contributed by atoms with Crippen LogP contribution in [0.15, 0.2) is 59.1 Å². The van der Waals surface area contributed by atoms with Crippen LogP contribution in [0.4, 0.5) is 0 Å². The van der Waals surface area contributed by atoms with Gasteiger partial charge in [0, 0.05) is 22.8 Å². The van der Waals surface area contributed by atoms with Crippen LogP contribution in [0.5, 0.6) is 11.5 Å². The van der Waals surface area contributed by atoms with E-state index in [1.54, 1.807) is 25.3 Å². The molecule has 9 nitrogen and oxygen atoms in total. The molecule has 2 heterocycles. The number of benzene rings is 2. The first kappa shape index (κ1) is 22.6. The van der Waals surface area contributed by atoms with Crippen LogP contribution in [-0.4, -0.2) is 40.0 Å². The minimum atomic E-state index is -0.364. The molecule has 0 bridgehead atoms. The van der Waals surface area contributed by atoms with Crippen molar-refractivity contribution in [1.82, 2.24) is 19.9 Å². The highest BCUT2D eigenvalue weighted by atomic mass is 32.2. The predicted octanol–water partition coefficient (Wildman–Crippen LogP) is 3.78. The summed E-state index contributed by atoms with van der Waals surface area (Å²) in [6.07, 6.45) is 0. The van der Waals surface area contributed by atoms with Crippen molar-refractivity contribution in [3.8, 4) is 22.1 Å². The van der Waals surface area contributed by atoms with E-state index in [2.05, 4.69) is 15.2 Å². The maximum Gasteiger partial charge on any atom is 0.337 e. The number of ether oxygens (including phenoxy) is 3. The highest BCUT2D eigenvalue weighted by Crippen LogP contribution is 2.28. The van der Waals surface area contributed by atoms with Crippen molar-refractivity contribution in [2.75, 3.05) is 20.1 Å². The summed E-state index contributed by atoms with van der Waals surface area (Å²) in [7, 11) is 2.96. The Labute approximate surface area is 198 Å². The second kappa shape index (κ2) is 10.4. The molecule has 0 aliphatic rings. The van der Waals surface area contributed by atoms with E-state index >= 15 is 0 Å². The molecule has 33 heavy (non-hydrogen) atoms. The number of carbonyl (C=O) groups is 1. The third kappa shape index (κ3) is 5.44. The van der Waals surface area contributed by atoms with Gasteiger partial charge >= 0.3 is 5.97 Å². The van der Waals surface area contributed by atoms with Gasteiger partial charge in [-0.05, 0) is 24.3 Å².